The number of hydrogen-bond donors (Lipinski definition) is 3. The Morgan fingerprint density at radius 1 is 1.30 bits per heavy atom. The van der Waals surface area contributed by atoms with Crippen molar-refractivity contribution in [2.24, 2.45) is 0 Å². The molecule has 1 rings (SSSR count). The zero-order valence-electron chi connectivity index (χ0n) is 12.1. The predicted molar refractivity (Wildman–Crippen MR) is 79.1 cm³/mol. The molecular formula is C13H22N4O3. The second-order valence-electron chi connectivity index (χ2n) is 4.65. The number of aromatic nitrogens is 1. The van der Waals surface area contributed by atoms with Gasteiger partial charge in [0.15, 0.2) is 0 Å². The number of aliphatic hydroxyl groups is 1. The first-order valence-electron chi connectivity index (χ1n) is 6.79. The smallest absolute Gasteiger partial charge is 0.276 e. The van der Waals surface area contributed by atoms with Gasteiger partial charge >= 0.3 is 0 Å². The molecule has 7 nitrogen and oxygen atoms in total. The van der Waals surface area contributed by atoms with Crippen LogP contribution < -0.4 is 10.6 Å². The summed E-state index contributed by atoms with van der Waals surface area (Å²) in [6.07, 6.45) is 1.39. The van der Waals surface area contributed by atoms with Gasteiger partial charge in [0, 0.05) is 6.54 Å². The predicted octanol–water partition coefficient (Wildman–Crippen LogP) is 2.38. The summed E-state index contributed by atoms with van der Waals surface area (Å²) in [4.78, 5) is 14.8. The molecule has 0 amide bonds. The lowest BCUT2D eigenvalue weighted by atomic mass is 9.94. The average molecular weight is 282 g/mol. The summed E-state index contributed by atoms with van der Waals surface area (Å²) in [7, 11) is 0. The molecule has 0 aliphatic rings. The van der Waals surface area contributed by atoms with Crippen LogP contribution in [-0.4, -0.2) is 33.7 Å². The van der Waals surface area contributed by atoms with Crippen LogP contribution in [0.2, 0.25) is 0 Å². The summed E-state index contributed by atoms with van der Waals surface area (Å²) in [5, 5.41) is 26.6. The molecule has 1 heterocycles. The molecule has 0 atom stereocenters. The lowest BCUT2D eigenvalue weighted by Gasteiger charge is -2.31. The van der Waals surface area contributed by atoms with Gasteiger partial charge in [0.1, 0.15) is 11.6 Å². The van der Waals surface area contributed by atoms with Crippen LogP contribution in [0.4, 0.5) is 17.3 Å². The molecule has 0 fully saturated rings. The molecule has 0 unspecified atom stereocenters. The van der Waals surface area contributed by atoms with Crippen LogP contribution in [-0.2, 0) is 0 Å². The number of pyridine rings is 1. The highest BCUT2D eigenvalue weighted by atomic mass is 16.6. The van der Waals surface area contributed by atoms with Gasteiger partial charge in [-0.1, -0.05) is 13.8 Å². The Morgan fingerprint density at radius 2 is 1.90 bits per heavy atom. The third kappa shape index (κ3) is 3.80. The fourth-order valence-corrected chi connectivity index (χ4v) is 1.92. The van der Waals surface area contributed by atoms with Crippen molar-refractivity contribution in [1.82, 2.24) is 4.98 Å². The van der Waals surface area contributed by atoms with E-state index in [1.54, 1.807) is 0 Å². The molecule has 0 aliphatic carbocycles. The largest absolute Gasteiger partial charge is 0.394 e. The monoisotopic (exact) mass is 282 g/mol. The molecule has 7 heteroatoms. The summed E-state index contributed by atoms with van der Waals surface area (Å²) in [5.74, 6) is 0.844. The van der Waals surface area contributed by atoms with Crippen LogP contribution >= 0.6 is 0 Å². The van der Waals surface area contributed by atoms with E-state index in [1.807, 2.05) is 20.8 Å². The molecule has 0 spiro atoms. The van der Waals surface area contributed by atoms with E-state index >= 15 is 0 Å². The van der Waals surface area contributed by atoms with E-state index in [-0.39, 0.29) is 12.3 Å². The minimum absolute atomic E-state index is 0.0301. The molecule has 20 heavy (non-hydrogen) atoms. The minimum Gasteiger partial charge on any atom is -0.394 e. The molecule has 3 N–H and O–H groups in total. The molecule has 112 valence electrons. The van der Waals surface area contributed by atoms with Gasteiger partial charge in [-0.15, -0.1) is 0 Å². The van der Waals surface area contributed by atoms with Gasteiger partial charge in [-0.2, -0.15) is 0 Å². The molecule has 0 aromatic carbocycles. The van der Waals surface area contributed by atoms with Gasteiger partial charge in [0.2, 0.25) is 0 Å². The molecule has 1 aromatic rings. The van der Waals surface area contributed by atoms with Gasteiger partial charge in [-0.3, -0.25) is 10.1 Å². The summed E-state index contributed by atoms with van der Waals surface area (Å²) in [6.45, 7) is 6.37. The van der Waals surface area contributed by atoms with Crippen molar-refractivity contribution in [2.45, 2.75) is 39.2 Å². The third-order valence-electron chi connectivity index (χ3n) is 3.43. The Bertz CT molecular complexity index is 453. The van der Waals surface area contributed by atoms with Gasteiger partial charge < -0.3 is 15.7 Å². The summed E-state index contributed by atoms with van der Waals surface area (Å²) >= 11 is 0. The Kier molecular flexibility index (Phi) is 5.69. The maximum absolute atomic E-state index is 11.0. The van der Waals surface area contributed by atoms with Gasteiger partial charge in [0.05, 0.1) is 29.2 Å². The van der Waals surface area contributed by atoms with Crippen molar-refractivity contribution in [2.75, 3.05) is 23.8 Å². The number of hydrogen-bond acceptors (Lipinski definition) is 6. The van der Waals surface area contributed by atoms with E-state index in [9.17, 15) is 15.2 Å². The average Bonchev–Trinajstić information content (AvgIpc) is 2.45. The maximum Gasteiger partial charge on any atom is 0.276 e. The van der Waals surface area contributed by atoms with Gasteiger partial charge in [-0.25, -0.2) is 4.98 Å². The Balaban J connectivity index is 3.12. The van der Waals surface area contributed by atoms with Crippen LogP contribution in [0, 0.1) is 10.1 Å². The zero-order chi connectivity index (χ0) is 15.2. The Hall–Kier alpha value is -1.89. The molecular weight excluding hydrogens is 260 g/mol. The van der Waals surface area contributed by atoms with E-state index in [4.69, 9.17) is 0 Å². The highest BCUT2D eigenvalue weighted by Crippen LogP contribution is 2.25. The first-order chi connectivity index (χ1) is 9.50. The second-order valence-corrected chi connectivity index (χ2v) is 4.65. The molecule has 0 bridgehead atoms. The first kappa shape index (κ1) is 16.2. The Labute approximate surface area is 118 Å². The van der Waals surface area contributed by atoms with E-state index in [0.29, 0.717) is 31.0 Å². The first-order valence-corrected chi connectivity index (χ1v) is 6.79. The number of anilines is 2. The topological polar surface area (TPSA) is 100 Å². The van der Waals surface area contributed by atoms with Crippen molar-refractivity contribution >= 4 is 17.3 Å². The number of nitrogens with zero attached hydrogens (tertiary/aromatic N) is 2. The maximum atomic E-state index is 11.0. The summed E-state index contributed by atoms with van der Waals surface area (Å²) in [6, 6.07) is 2.78. The van der Waals surface area contributed by atoms with Crippen molar-refractivity contribution < 1.29 is 10.0 Å². The molecule has 0 radical (unpaired) electrons. The standard InChI is InChI=1S/C13H22N4O3/c1-4-13(5-2,9-18)16-12-8-10(17(19)20)7-11(15-12)14-6-3/h7-8,18H,4-6,9H2,1-3H3,(H2,14,15,16). The quantitative estimate of drug-likeness (QED) is 0.500. The van der Waals surface area contributed by atoms with Crippen molar-refractivity contribution in [3.63, 3.8) is 0 Å². The van der Waals surface area contributed by atoms with E-state index in [1.165, 1.54) is 12.1 Å². The molecule has 0 aliphatic heterocycles. The summed E-state index contributed by atoms with van der Waals surface area (Å²) < 4.78 is 0. The van der Waals surface area contributed by atoms with Crippen molar-refractivity contribution in [3.05, 3.63) is 22.2 Å². The third-order valence-corrected chi connectivity index (χ3v) is 3.43. The van der Waals surface area contributed by atoms with Crippen LogP contribution in [0.1, 0.15) is 33.6 Å². The Morgan fingerprint density at radius 3 is 2.35 bits per heavy atom. The lowest BCUT2D eigenvalue weighted by molar-refractivity contribution is -0.384. The van der Waals surface area contributed by atoms with E-state index in [0.717, 1.165) is 0 Å². The lowest BCUT2D eigenvalue weighted by Crippen LogP contribution is -2.41. The van der Waals surface area contributed by atoms with Crippen molar-refractivity contribution in [1.29, 1.82) is 0 Å². The van der Waals surface area contributed by atoms with Crippen LogP contribution in [0.15, 0.2) is 12.1 Å². The number of nitrogens with one attached hydrogen (secondary N) is 2. The summed E-state index contributed by atoms with van der Waals surface area (Å²) in [5.41, 5.74) is -0.538. The SMILES string of the molecule is CCNc1cc([N+](=O)[O-])cc(NC(CC)(CC)CO)n1. The van der Waals surface area contributed by atoms with E-state index < -0.39 is 10.5 Å². The zero-order valence-corrected chi connectivity index (χ0v) is 12.1. The van der Waals surface area contributed by atoms with E-state index in [2.05, 4.69) is 15.6 Å². The normalized spacial score (nSPS) is 11.2. The minimum atomic E-state index is -0.508. The van der Waals surface area contributed by atoms with Crippen molar-refractivity contribution in [3.8, 4) is 0 Å². The van der Waals surface area contributed by atoms with Gasteiger partial charge in [-0.05, 0) is 19.8 Å². The van der Waals surface area contributed by atoms with Gasteiger partial charge in [0.25, 0.3) is 5.69 Å². The fourth-order valence-electron chi connectivity index (χ4n) is 1.92. The molecule has 0 saturated carbocycles. The number of nitro groups is 1. The van der Waals surface area contributed by atoms with Crippen LogP contribution in [0.25, 0.3) is 0 Å². The highest BCUT2D eigenvalue weighted by molar-refractivity contribution is 5.55. The van der Waals surface area contributed by atoms with Crippen LogP contribution in [0.5, 0.6) is 0 Å². The van der Waals surface area contributed by atoms with Crippen LogP contribution in [0.3, 0.4) is 0 Å². The second kappa shape index (κ2) is 7.04. The fraction of sp³-hybridized carbons (Fsp3) is 0.615. The molecule has 1 aromatic heterocycles. The number of rotatable bonds is 8. The number of aliphatic hydroxyl groups excluding tert-OH is 1. The highest BCUT2D eigenvalue weighted by Gasteiger charge is 2.26. The molecule has 0 saturated heterocycles.